The maximum Gasteiger partial charge on any atom is 0.311 e. The number of carbonyl (C=O) groups excluding carboxylic acids is 1. The summed E-state index contributed by atoms with van der Waals surface area (Å²) in [7, 11) is 6.21. The van der Waals surface area contributed by atoms with Gasteiger partial charge in [-0.05, 0) is 74.3 Å². The second-order valence-corrected chi connectivity index (χ2v) is 17.6. The number of hydroxylamine groups is 3. The highest BCUT2D eigenvalue weighted by molar-refractivity contribution is 5.73. The molecule has 3 aliphatic rings. The fourth-order valence-electron chi connectivity index (χ4n) is 8.84. The molecule has 3 unspecified atom stereocenters. The van der Waals surface area contributed by atoms with Crippen LogP contribution in [0.4, 0.5) is 0 Å². The molecule has 3 saturated heterocycles. The summed E-state index contributed by atoms with van der Waals surface area (Å²) in [6, 6.07) is -1.34. The summed E-state index contributed by atoms with van der Waals surface area (Å²) in [6.07, 6.45) is -9.60. The number of aliphatic hydroxyl groups excluding tert-OH is 3. The van der Waals surface area contributed by atoms with Crippen LogP contribution < -0.4 is 0 Å². The summed E-state index contributed by atoms with van der Waals surface area (Å²) in [5.74, 6) is -2.80. The van der Waals surface area contributed by atoms with Gasteiger partial charge in [0.15, 0.2) is 18.7 Å². The van der Waals surface area contributed by atoms with Gasteiger partial charge in [-0.1, -0.05) is 20.8 Å². The van der Waals surface area contributed by atoms with E-state index in [1.54, 1.807) is 55.4 Å². The highest BCUT2D eigenvalue weighted by atomic mass is 16.7. The zero-order valence-electron chi connectivity index (χ0n) is 34.6. The summed E-state index contributed by atoms with van der Waals surface area (Å²) in [5.41, 5.74) is -4.51. The molecule has 3 aliphatic heterocycles. The van der Waals surface area contributed by atoms with Crippen LogP contribution in [0.25, 0.3) is 0 Å². The highest BCUT2D eigenvalue weighted by Gasteiger charge is 2.53. The molecule has 0 aliphatic carbocycles. The maximum atomic E-state index is 14.2. The van der Waals surface area contributed by atoms with Crippen molar-refractivity contribution >= 4 is 5.97 Å². The lowest BCUT2D eigenvalue weighted by Gasteiger charge is -2.51. The number of hydrogen-bond donors (Lipinski definition) is 5. The molecular weight excluding hydrogens is 692 g/mol. The lowest BCUT2D eigenvalue weighted by Crippen LogP contribution is -2.62. The van der Waals surface area contributed by atoms with E-state index < -0.39 is 113 Å². The molecule has 53 heavy (non-hydrogen) atoms. The van der Waals surface area contributed by atoms with Crippen LogP contribution in [-0.4, -0.2) is 166 Å². The Kier molecular flexibility index (Phi) is 15.4. The van der Waals surface area contributed by atoms with Gasteiger partial charge in [0.25, 0.3) is 0 Å². The van der Waals surface area contributed by atoms with Crippen LogP contribution in [-0.2, 0) is 33.2 Å². The zero-order chi connectivity index (χ0) is 40.6. The second kappa shape index (κ2) is 17.6. The molecule has 3 rings (SSSR count). The van der Waals surface area contributed by atoms with Crippen LogP contribution in [0.2, 0.25) is 0 Å². The number of carbonyl (C=O) groups is 1. The number of cyclic esters (lactones) is 1. The first-order valence-electron chi connectivity index (χ1n) is 19.3. The number of esters is 1. The van der Waals surface area contributed by atoms with Crippen LogP contribution in [0.15, 0.2) is 0 Å². The van der Waals surface area contributed by atoms with Crippen molar-refractivity contribution < 1.29 is 63.4 Å². The predicted molar refractivity (Wildman–Crippen MR) is 196 cm³/mol. The Balaban J connectivity index is 2.19. The molecule has 0 aromatic heterocycles. The van der Waals surface area contributed by atoms with E-state index >= 15 is 0 Å². The van der Waals surface area contributed by atoms with Crippen molar-refractivity contribution in [2.45, 2.75) is 185 Å². The van der Waals surface area contributed by atoms with E-state index in [1.165, 1.54) is 28.1 Å². The molecule has 3 fully saturated rings. The van der Waals surface area contributed by atoms with Crippen molar-refractivity contribution in [3.63, 3.8) is 0 Å². The van der Waals surface area contributed by atoms with Gasteiger partial charge in [0.05, 0.1) is 55.6 Å². The van der Waals surface area contributed by atoms with Crippen molar-refractivity contribution in [2.24, 2.45) is 17.8 Å². The number of rotatable bonds is 7. The Bertz CT molecular complexity index is 1190. The first-order chi connectivity index (χ1) is 24.2. The van der Waals surface area contributed by atoms with Crippen LogP contribution in [0, 0.1) is 23.0 Å². The van der Waals surface area contributed by atoms with E-state index in [2.05, 4.69) is 0 Å². The molecule has 312 valence electrons. The summed E-state index contributed by atoms with van der Waals surface area (Å²) in [6.45, 7) is 17.6. The fourth-order valence-corrected chi connectivity index (χ4v) is 8.84. The minimum Gasteiger partial charge on any atom is -0.633 e. The molecule has 15 nitrogen and oxygen atoms in total. The first kappa shape index (κ1) is 46.3. The molecule has 0 spiro atoms. The quantitative estimate of drug-likeness (QED) is 0.143. The standard InChI is InChI=1S/C38H72N2O13/c1-15-27-38(10,46)31(42)24(6)39(11)19-20(2)17-36(8,45)33(53-35-29(41)26(40(12,13)47)16-21(3)49-35)22(4)30(23(5)34(44)51-27)52-28-18-37(9,48-14)32(43)25(7)50-28/h20-33,35,41-43,45-46H,15-19H2,1-14H3/t20-,21?,22+,23-,24-,25?,26-,27-,28+,29?,30+,31-,32+,33-,35+,36-,37+,38-/m1/s1. The fraction of sp³-hybridized carbons (Fsp3) is 0.974. The van der Waals surface area contributed by atoms with Crippen molar-refractivity contribution in [1.82, 2.24) is 4.90 Å². The van der Waals surface area contributed by atoms with E-state index in [4.69, 9.17) is 28.4 Å². The van der Waals surface area contributed by atoms with E-state index in [9.17, 15) is 35.5 Å². The molecule has 0 aromatic rings. The third-order valence-corrected chi connectivity index (χ3v) is 12.3. The van der Waals surface area contributed by atoms with Gasteiger partial charge in [-0.3, -0.25) is 4.79 Å². The van der Waals surface area contributed by atoms with Gasteiger partial charge in [-0.25, -0.2) is 0 Å². The normalized spacial score (nSPS) is 49.1. The number of quaternary nitrogens is 1. The van der Waals surface area contributed by atoms with Crippen molar-refractivity contribution in [3.8, 4) is 0 Å². The van der Waals surface area contributed by atoms with E-state index in [0.29, 0.717) is 13.0 Å². The average Bonchev–Trinajstić information content (AvgIpc) is 3.05. The number of methoxy groups -OCH3 is 1. The molecule has 15 heteroatoms. The second-order valence-electron chi connectivity index (χ2n) is 17.6. The van der Waals surface area contributed by atoms with Crippen molar-refractivity contribution in [2.75, 3.05) is 34.8 Å². The van der Waals surface area contributed by atoms with Gasteiger partial charge in [0.2, 0.25) is 0 Å². The van der Waals surface area contributed by atoms with Gasteiger partial charge >= 0.3 is 5.97 Å². The Morgan fingerprint density at radius 3 is 2.11 bits per heavy atom. The largest absolute Gasteiger partial charge is 0.633 e. The number of likely N-dealkylation sites (N-methyl/N-ethyl adjacent to an activating group) is 2. The first-order valence-corrected chi connectivity index (χ1v) is 19.3. The topological polar surface area (TPSA) is 200 Å². The Hall–Kier alpha value is -1.05. The monoisotopic (exact) mass is 765 g/mol. The maximum absolute atomic E-state index is 14.2. The SMILES string of the molecule is CC[C@H]1OC(=O)[C@H](C)[C@@H](O[C@H]2C[C@](C)(OC)[C@@H](O)C(C)O2)[C@H](C)[C@@H](O[C@@H]2OC(C)C[C@@H]([N+](C)(C)[O-])C2O)[C@](C)(O)C[C@@H](C)CN(C)[C@H](C)[C@@H](O)[C@]1(C)O. The summed E-state index contributed by atoms with van der Waals surface area (Å²) in [5, 5.41) is 71.3. The minimum atomic E-state index is -1.83. The third-order valence-electron chi connectivity index (χ3n) is 12.3. The average molecular weight is 765 g/mol. The summed E-state index contributed by atoms with van der Waals surface area (Å²) >= 11 is 0. The smallest absolute Gasteiger partial charge is 0.311 e. The van der Waals surface area contributed by atoms with Crippen molar-refractivity contribution in [3.05, 3.63) is 5.21 Å². The molecule has 3 heterocycles. The third kappa shape index (κ3) is 10.5. The molecule has 0 saturated carbocycles. The van der Waals surface area contributed by atoms with Crippen LogP contribution >= 0.6 is 0 Å². The molecule has 5 N–H and O–H groups in total. The lowest BCUT2D eigenvalue weighted by molar-refractivity contribution is -0.874. The molecule has 0 amide bonds. The molecule has 0 aromatic carbocycles. The molecule has 18 atom stereocenters. The summed E-state index contributed by atoms with van der Waals surface area (Å²) in [4.78, 5) is 16.1. The van der Waals surface area contributed by atoms with Crippen molar-refractivity contribution in [1.29, 1.82) is 0 Å². The zero-order valence-corrected chi connectivity index (χ0v) is 34.6. The van der Waals surface area contributed by atoms with Gasteiger partial charge in [-0.15, -0.1) is 0 Å². The number of hydrogen-bond acceptors (Lipinski definition) is 14. The Morgan fingerprint density at radius 2 is 1.57 bits per heavy atom. The van der Waals surface area contributed by atoms with Gasteiger partial charge in [0, 0.05) is 38.5 Å². The molecular formula is C38H72N2O13. The lowest BCUT2D eigenvalue weighted by atomic mass is 9.77. The van der Waals surface area contributed by atoms with Gasteiger partial charge in [0.1, 0.15) is 30.0 Å². The Labute approximate surface area is 317 Å². The number of aliphatic hydroxyl groups is 5. The summed E-state index contributed by atoms with van der Waals surface area (Å²) < 4.78 is 36.5. The van der Waals surface area contributed by atoms with E-state index in [1.807, 2.05) is 18.9 Å². The van der Waals surface area contributed by atoms with Gasteiger partial charge < -0.3 is 68.7 Å². The van der Waals surface area contributed by atoms with E-state index in [0.717, 1.165) is 0 Å². The molecule has 0 radical (unpaired) electrons. The Morgan fingerprint density at radius 1 is 0.962 bits per heavy atom. The molecule has 0 bridgehead atoms. The predicted octanol–water partition coefficient (Wildman–Crippen LogP) is 1.91. The minimum absolute atomic E-state index is 0.0990. The van der Waals surface area contributed by atoms with E-state index in [-0.39, 0.29) is 25.2 Å². The number of ether oxygens (including phenoxy) is 6. The number of nitrogens with zero attached hydrogens (tertiary/aromatic N) is 2. The van der Waals surface area contributed by atoms with Crippen LogP contribution in [0.1, 0.15) is 94.9 Å². The highest BCUT2D eigenvalue weighted by Crippen LogP contribution is 2.40. The van der Waals surface area contributed by atoms with Crippen LogP contribution in [0.3, 0.4) is 0 Å². The van der Waals surface area contributed by atoms with Crippen LogP contribution in [0.5, 0.6) is 0 Å². The van der Waals surface area contributed by atoms with Gasteiger partial charge in [-0.2, -0.15) is 0 Å².